The Morgan fingerprint density at radius 3 is 2.46 bits per heavy atom. The van der Waals surface area contributed by atoms with Gasteiger partial charge in [-0.1, -0.05) is 50.7 Å². The summed E-state index contributed by atoms with van der Waals surface area (Å²) in [4.78, 5) is 18.1. The summed E-state index contributed by atoms with van der Waals surface area (Å²) in [6, 6.07) is 13.7. The minimum Gasteiger partial charge on any atom is -0.501 e. The molecule has 0 amide bonds. The topological polar surface area (TPSA) is 44.1 Å². The van der Waals surface area contributed by atoms with Gasteiger partial charge >= 0.3 is 0 Å². The van der Waals surface area contributed by atoms with Gasteiger partial charge in [-0.15, -0.1) is 0 Å². The molecular weight excluding hydrogens is 368 g/mol. The number of thioether (sulfide) groups is 1. The third-order valence-corrected chi connectivity index (χ3v) is 5.59. The summed E-state index contributed by atoms with van der Waals surface area (Å²) in [5.41, 5.74) is 2.73. The fraction of sp³-hybridized carbons (Fsp3) is 0.304. The lowest BCUT2D eigenvalue weighted by atomic mass is 10.2. The molecule has 0 fully saturated rings. The summed E-state index contributed by atoms with van der Waals surface area (Å²) < 4.78 is 7.54. The lowest BCUT2D eigenvalue weighted by Crippen LogP contribution is -2.11. The van der Waals surface area contributed by atoms with Crippen LogP contribution in [0.15, 0.2) is 69.1 Å². The van der Waals surface area contributed by atoms with Crippen molar-refractivity contribution in [3.63, 3.8) is 0 Å². The summed E-state index contributed by atoms with van der Waals surface area (Å²) in [5, 5.41) is 1.49. The molecule has 0 bridgehead atoms. The first-order valence-corrected chi connectivity index (χ1v) is 10.4. The number of methoxy groups -OCH3 is 1. The first-order valence-electron chi connectivity index (χ1n) is 9.54. The van der Waals surface area contributed by atoms with Gasteiger partial charge in [-0.2, -0.15) is 0 Å². The van der Waals surface area contributed by atoms with Crippen molar-refractivity contribution in [2.75, 3.05) is 7.11 Å². The van der Waals surface area contributed by atoms with Crippen molar-refractivity contribution >= 4 is 22.7 Å². The zero-order valence-corrected chi connectivity index (χ0v) is 18.3. The predicted molar refractivity (Wildman–Crippen MR) is 119 cm³/mol. The molecule has 0 aliphatic heterocycles. The van der Waals surface area contributed by atoms with E-state index in [4.69, 9.17) is 4.74 Å². The highest BCUT2D eigenvalue weighted by atomic mass is 32.2. The van der Waals surface area contributed by atoms with E-state index in [1.807, 2.05) is 64.1 Å². The monoisotopic (exact) mass is 396 g/mol. The molecule has 4 nitrogen and oxygen atoms in total. The first kappa shape index (κ1) is 21.8. The maximum atomic E-state index is 12.7. The van der Waals surface area contributed by atoms with Crippen LogP contribution in [-0.2, 0) is 4.74 Å². The van der Waals surface area contributed by atoms with Gasteiger partial charge in [0.05, 0.1) is 23.0 Å². The Morgan fingerprint density at radius 2 is 1.86 bits per heavy atom. The molecular formula is C23H28N2O2S. The summed E-state index contributed by atoms with van der Waals surface area (Å²) in [5.74, 6) is 0.871. The van der Waals surface area contributed by atoms with Crippen LogP contribution in [-0.4, -0.2) is 16.7 Å². The number of pyridine rings is 2. The van der Waals surface area contributed by atoms with Crippen LogP contribution in [0.2, 0.25) is 0 Å². The molecule has 148 valence electrons. The van der Waals surface area contributed by atoms with E-state index in [2.05, 4.69) is 16.5 Å². The second kappa shape index (κ2) is 10.1. The number of ether oxygens (including phenoxy) is 1. The highest BCUT2D eigenvalue weighted by molar-refractivity contribution is 8.03. The molecule has 3 aromatic rings. The molecule has 5 heteroatoms. The number of allylic oxidation sites excluding steroid dienone is 2. The standard InChI is InChI=1S/C21H22N2O2S.C2H6/c1-5-20(15(3)25-4)26-21-12-19(24)17-13-22-14(2)11-18(17)23(21)16-9-7-6-8-10-16;1-2/h6-13H,5H2,1-4H3;1-2H3/b20-15+;. The van der Waals surface area contributed by atoms with Crippen LogP contribution in [0, 0.1) is 6.92 Å². The maximum Gasteiger partial charge on any atom is 0.192 e. The Labute approximate surface area is 171 Å². The van der Waals surface area contributed by atoms with Gasteiger partial charge in [0.15, 0.2) is 5.43 Å². The van der Waals surface area contributed by atoms with E-state index in [9.17, 15) is 4.79 Å². The van der Waals surface area contributed by atoms with E-state index in [0.29, 0.717) is 5.39 Å². The van der Waals surface area contributed by atoms with Gasteiger partial charge in [-0.25, -0.2) is 0 Å². The van der Waals surface area contributed by atoms with Crippen LogP contribution in [0.3, 0.4) is 0 Å². The number of aryl methyl sites for hydroxylation is 1. The number of hydrogen-bond acceptors (Lipinski definition) is 4. The molecule has 0 saturated carbocycles. The number of hydrogen-bond donors (Lipinski definition) is 0. The Morgan fingerprint density at radius 1 is 1.18 bits per heavy atom. The zero-order chi connectivity index (χ0) is 20.7. The first-order chi connectivity index (χ1) is 13.5. The third kappa shape index (κ3) is 4.65. The minimum atomic E-state index is -0.0206. The largest absolute Gasteiger partial charge is 0.501 e. The van der Waals surface area contributed by atoms with E-state index < -0.39 is 0 Å². The number of nitrogens with zero attached hydrogens (tertiary/aromatic N) is 2. The SMILES string of the molecule is CC.CC/C(Sc1cc(=O)c2cnc(C)cc2n1-c1ccccc1)=C(/C)OC. The van der Waals surface area contributed by atoms with Gasteiger partial charge in [0.2, 0.25) is 0 Å². The predicted octanol–water partition coefficient (Wildman–Crippen LogP) is 6.10. The van der Waals surface area contributed by atoms with Crippen LogP contribution in [0.25, 0.3) is 16.6 Å². The molecule has 0 radical (unpaired) electrons. The summed E-state index contributed by atoms with van der Waals surface area (Å²) in [7, 11) is 1.67. The Balaban J connectivity index is 0.00000136. The van der Waals surface area contributed by atoms with Crippen molar-refractivity contribution in [2.45, 2.75) is 46.1 Å². The van der Waals surface area contributed by atoms with Gasteiger partial charge < -0.3 is 9.30 Å². The number of aromatic nitrogens is 2. The van der Waals surface area contributed by atoms with E-state index in [1.54, 1.807) is 31.1 Å². The molecule has 0 atom stereocenters. The summed E-state index contributed by atoms with van der Waals surface area (Å²) in [6.45, 7) is 9.97. The molecule has 28 heavy (non-hydrogen) atoms. The maximum absolute atomic E-state index is 12.7. The zero-order valence-electron chi connectivity index (χ0n) is 17.4. The number of benzene rings is 1. The van der Waals surface area contributed by atoms with Crippen LogP contribution in [0.5, 0.6) is 0 Å². The van der Waals surface area contributed by atoms with Gasteiger partial charge in [-0.05, 0) is 38.5 Å². The molecule has 0 saturated heterocycles. The molecule has 0 spiro atoms. The fourth-order valence-electron chi connectivity index (χ4n) is 2.84. The van der Waals surface area contributed by atoms with Gasteiger partial charge in [0.25, 0.3) is 0 Å². The van der Waals surface area contributed by atoms with E-state index >= 15 is 0 Å². The normalized spacial score (nSPS) is 11.5. The fourth-order valence-corrected chi connectivity index (χ4v) is 3.93. The molecule has 1 aromatic carbocycles. The highest BCUT2D eigenvalue weighted by Crippen LogP contribution is 2.34. The number of fused-ring (bicyclic) bond motifs is 1. The quantitative estimate of drug-likeness (QED) is 0.386. The Hall–Kier alpha value is -2.53. The lowest BCUT2D eigenvalue weighted by molar-refractivity contribution is 0.291. The van der Waals surface area contributed by atoms with Crippen molar-refractivity contribution in [2.24, 2.45) is 0 Å². The Kier molecular flexibility index (Phi) is 7.88. The highest BCUT2D eigenvalue weighted by Gasteiger charge is 2.14. The van der Waals surface area contributed by atoms with Gasteiger partial charge in [0.1, 0.15) is 5.76 Å². The molecule has 0 aliphatic rings. The van der Waals surface area contributed by atoms with Crippen molar-refractivity contribution in [1.29, 1.82) is 0 Å². The molecule has 0 unspecified atom stereocenters. The van der Waals surface area contributed by atoms with Crippen molar-refractivity contribution < 1.29 is 4.74 Å². The van der Waals surface area contributed by atoms with E-state index in [0.717, 1.165) is 39.0 Å². The van der Waals surface area contributed by atoms with Crippen LogP contribution in [0.1, 0.15) is 39.8 Å². The summed E-state index contributed by atoms with van der Waals surface area (Å²) >= 11 is 1.57. The van der Waals surface area contributed by atoms with Crippen LogP contribution < -0.4 is 5.43 Å². The second-order valence-corrected chi connectivity index (χ2v) is 7.11. The van der Waals surface area contributed by atoms with Crippen LogP contribution in [0.4, 0.5) is 0 Å². The van der Waals surface area contributed by atoms with Crippen LogP contribution >= 0.6 is 11.8 Å². The van der Waals surface area contributed by atoms with E-state index in [1.165, 1.54) is 0 Å². The van der Waals surface area contributed by atoms with Crippen molar-refractivity contribution in [1.82, 2.24) is 9.55 Å². The molecule has 3 rings (SSSR count). The third-order valence-electron chi connectivity index (χ3n) is 4.26. The van der Waals surface area contributed by atoms with Gasteiger partial charge in [-0.3, -0.25) is 9.78 Å². The van der Waals surface area contributed by atoms with Gasteiger partial charge in [0, 0.05) is 28.5 Å². The van der Waals surface area contributed by atoms with Crippen molar-refractivity contribution in [3.05, 3.63) is 75.2 Å². The molecule has 2 heterocycles. The number of rotatable bonds is 5. The lowest BCUT2D eigenvalue weighted by Gasteiger charge is -2.18. The average molecular weight is 397 g/mol. The summed E-state index contributed by atoms with van der Waals surface area (Å²) in [6.07, 6.45) is 2.50. The van der Waals surface area contributed by atoms with E-state index in [-0.39, 0.29) is 5.43 Å². The molecule has 0 N–H and O–H groups in total. The van der Waals surface area contributed by atoms with Crippen molar-refractivity contribution in [3.8, 4) is 5.69 Å². The number of para-hydroxylation sites is 1. The Bertz CT molecular complexity index is 1020. The molecule has 2 aromatic heterocycles. The second-order valence-electron chi connectivity index (χ2n) is 6.00. The molecule has 0 aliphatic carbocycles. The average Bonchev–Trinajstić information content (AvgIpc) is 2.73. The smallest absolute Gasteiger partial charge is 0.192 e. The minimum absolute atomic E-state index is 0.0206.